The van der Waals surface area contributed by atoms with Crippen LogP contribution in [-0.2, 0) is 36.6 Å². The number of nitrogens with one attached hydrogen (secondary N) is 1. The molecule has 1 aromatic heterocycles. The van der Waals surface area contributed by atoms with Crippen LogP contribution >= 0.6 is 0 Å². The molecule has 3 aliphatic heterocycles. The third-order valence-corrected chi connectivity index (χ3v) is 7.93. The van der Waals surface area contributed by atoms with Gasteiger partial charge in [-0.2, -0.15) is 17.0 Å². The van der Waals surface area contributed by atoms with Crippen LogP contribution in [0.1, 0.15) is 31.5 Å². The van der Waals surface area contributed by atoms with Gasteiger partial charge in [-0.1, -0.05) is 0 Å². The molecular weight excluding hydrogens is 398 g/mol. The number of rotatable bonds is 5. The Bertz CT molecular complexity index is 841. The summed E-state index contributed by atoms with van der Waals surface area (Å²) in [5.41, 5.74) is -0.758. The van der Waals surface area contributed by atoms with Crippen molar-refractivity contribution < 1.29 is 22.7 Å². The first-order chi connectivity index (χ1) is 13.8. The molecular formula is C18H29N5O5S. The zero-order valence-electron chi connectivity index (χ0n) is 16.9. The number of hydrogen-bond donors (Lipinski definition) is 1. The number of piperidine rings is 1. The standard InChI is InChI=1S/C18H29N5O5S/c1-21(2)29(25,26)23-8-5-18(6-9-23)17-19-7-10-22(17)13-15(28-18)16(24)20-12-14-4-3-11-27-14/h7,10,14-15H,3-6,8-9,11-13H2,1-2H3,(H,20,24). The summed E-state index contributed by atoms with van der Waals surface area (Å²) in [4.78, 5) is 17.3. The number of aromatic nitrogens is 2. The molecule has 2 fully saturated rings. The summed E-state index contributed by atoms with van der Waals surface area (Å²) in [7, 11) is -0.425. The van der Waals surface area contributed by atoms with Gasteiger partial charge in [-0.05, 0) is 25.7 Å². The third-order valence-electron chi connectivity index (χ3n) is 5.99. The highest BCUT2D eigenvalue weighted by Gasteiger charge is 2.48. The summed E-state index contributed by atoms with van der Waals surface area (Å²) in [5.74, 6) is 0.602. The van der Waals surface area contributed by atoms with Gasteiger partial charge in [0.15, 0.2) is 6.10 Å². The van der Waals surface area contributed by atoms with Gasteiger partial charge in [0.25, 0.3) is 16.1 Å². The molecule has 2 unspecified atom stereocenters. The number of imidazole rings is 1. The average molecular weight is 428 g/mol. The fraction of sp³-hybridized carbons (Fsp3) is 0.778. The maximum atomic E-state index is 12.8. The van der Waals surface area contributed by atoms with E-state index in [9.17, 15) is 13.2 Å². The second-order valence-electron chi connectivity index (χ2n) is 8.07. The van der Waals surface area contributed by atoms with Crippen molar-refractivity contribution in [2.75, 3.05) is 40.3 Å². The van der Waals surface area contributed by atoms with E-state index in [1.165, 1.54) is 22.7 Å². The third kappa shape index (κ3) is 3.93. The number of carbonyl (C=O) groups excluding carboxylic acids is 1. The van der Waals surface area contributed by atoms with Gasteiger partial charge in [-0.15, -0.1) is 0 Å². The van der Waals surface area contributed by atoms with Crippen molar-refractivity contribution in [3.8, 4) is 0 Å². The second-order valence-corrected chi connectivity index (χ2v) is 10.2. The van der Waals surface area contributed by atoms with E-state index in [1.807, 2.05) is 10.8 Å². The second kappa shape index (κ2) is 7.95. The number of nitrogens with zero attached hydrogens (tertiary/aromatic N) is 4. The Kier molecular flexibility index (Phi) is 5.68. The Morgan fingerprint density at radius 2 is 2.14 bits per heavy atom. The molecule has 3 aliphatic rings. The minimum atomic E-state index is -3.48. The first-order valence-corrected chi connectivity index (χ1v) is 11.5. The van der Waals surface area contributed by atoms with Crippen LogP contribution in [0.25, 0.3) is 0 Å². The molecule has 4 rings (SSSR count). The van der Waals surface area contributed by atoms with Crippen molar-refractivity contribution in [3.63, 3.8) is 0 Å². The summed E-state index contributed by atoms with van der Waals surface area (Å²) in [6, 6.07) is 0. The summed E-state index contributed by atoms with van der Waals surface area (Å²) in [5, 5.41) is 2.95. The van der Waals surface area contributed by atoms with Gasteiger partial charge in [0.2, 0.25) is 0 Å². The van der Waals surface area contributed by atoms with Crippen LogP contribution in [-0.4, -0.2) is 85.0 Å². The lowest BCUT2D eigenvalue weighted by Gasteiger charge is -2.45. The summed E-state index contributed by atoms with van der Waals surface area (Å²) in [6.07, 6.45) is 5.86. The summed E-state index contributed by atoms with van der Waals surface area (Å²) < 4.78 is 41.4. The Balaban J connectivity index is 1.47. The fourth-order valence-electron chi connectivity index (χ4n) is 4.32. The average Bonchev–Trinajstić information content (AvgIpc) is 3.38. The lowest BCUT2D eigenvalue weighted by molar-refractivity contribution is -0.171. The van der Waals surface area contributed by atoms with Gasteiger partial charge in [0.1, 0.15) is 11.4 Å². The van der Waals surface area contributed by atoms with Crippen LogP contribution in [0.2, 0.25) is 0 Å². The van der Waals surface area contributed by atoms with Crippen LogP contribution < -0.4 is 5.32 Å². The Labute approximate surface area is 171 Å². The van der Waals surface area contributed by atoms with E-state index in [1.54, 1.807) is 6.20 Å². The quantitative estimate of drug-likeness (QED) is 0.690. The minimum Gasteiger partial charge on any atom is -0.376 e. The van der Waals surface area contributed by atoms with Crippen molar-refractivity contribution in [3.05, 3.63) is 18.2 Å². The summed E-state index contributed by atoms with van der Waals surface area (Å²) in [6.45, 7) is 2.26. The van der Waals surface area contributed by atoms with E-state index < -0.39 is 21.9 Å². The normalized spacial score (nSPS) is 27.3. The van der Waals surface area contributed by atoms with E-state index in [2.05, 4.69) is 10.3 Å². The van der Waals surface area contributed by atoms with Gasteiger partial charge in [-0.25, -0.2) is 4.98 Å². The predicted octanol–water partition coefficient (Wildman–Crippen LogP) is -0.325. The van der Waals surface area contributed by atoms with E-state index >= 15 is 0 Å². The van der Waals surface area contributed by atoms with Crippen molar-refractivity contribution in [2.24, 2.45) is 0 Å². The largest absolute Gasteiger partial charge is 0.376 e. The summed E-state index contributed by atoms with van der Waals surface area (Å²) >= 11 is 0. The first-order valence-electron chi connectivity index (χ1n) is 10.1. The Morgan fingerprint density at radius 3 is 2.79 bits per heavy atom. The van der Waals surface area contributed by atoms with Crippen molar-refractivity contribution in [2.45, 2.75) is 50.0 Å². The number of carbonyl (C=O) groups is 1. The molecule has 4 heterocycles. The molecule has 0 bridgehead atoms. The van der Waals surface area contributed by atoms with Crippen LogP contribution in [0, 0.1) is 0 Å². The van der Waals surface area contributed by atoms with E-state index in [-0.39, 0.29) is 12.0 Å². The van der Waals surface area contributed by atoms with Crippen molar-refractivity contribution in [1.29, 1.82) is 0 Å². The van der Waals surface area contributed by atoms with Crippen LogP contribution in [0.5, 0.6) is 0 Å². The maximum Gasteiger partial charge on any atom is 0.281 e. The van der Waals surface area contributed by atoms with E-state index in [0.29, 0.717) is 39.0 Å². The number of fused-ring (bicyclic) bond motifs is 2. The van der Waals surface area contributed by atoms with Gasteiger partial charge >= 0.3 is 0 Å². The molecule has 2 atom stereocenters. The van der Waals surface area contributed by atoms with Crippen LogP contribution in [0.15, 0.2) is 12.4 Å². The molecule has 0 aromatic carbocycles. The Morgan fingerprint density at radius 1 is 1.38 bits per heavy atom. The van der Waals surface area contributed by atoms with Crippen LogP contribution in [0.3, 0.4) is 0 Å². The highest BCUT2D eigenvalue weighted by Crippen LogP contribution is 2.40. The number of amides is 1. The molecule has 1 N–H and O–H groups in total. The Hall–Kier alpha value is -1.53. The van der Waals surface area contributed by atoms with Gasteiger partial charge in [0, 0.05) is 52.7 Å². The number of ether oxygens (including phenoxy) is 2. The molecule has 0 saturated carbocycles. The lowest BCUT2D eigenvalue weighted by Crippen LogP contribution is -2.56. The zero-order valence-corrected chi connectivity index (χ0v) is 17.7. The minimum absolute atomic E-state index is 0.0692. The van der Waals surface area contributed by atoms with E-state index in [4.69, 9.17) is 9.47 Å². The molecule has 0 aliphatic carbocycles. The molecule has 29 heavy (non-hydrogen) atoms. The smallest absolute Gasteiger partial charge is 0.281 e. The molecule has 1 aromatic rings. The molecule has 1 spiro atoms. The van der Waals surface area contributed by atoms with Crippen molar-refractivity contribution >= 4 is 16.1 Å². The highest BCUT2D eigenvalue weighted by molar-refractivity contribution is 7.86. The topological polar surface area (TPSA) is 106 Å². The predicted molar refractivity (Wildman–Crippen MR) is 104 cm³/mol. The SMILES string of the molecule is CN(C)S(=O)(=O)N1CCC2(CC1)OC(C(=O)NCC1CCCO1)Cn1ccnc12. The lowest BCUT2D eigenvalue weighted by atomic mass is 9.89. The van der Waals surface area contributed by atoms with E-state index in [0.717, 1.165) is 25.3 Å². The fourth-order valence-corrected chi connectivity index (χ4v) is 5.42. The molecule has 0 radical (unpaired) electrons. The monoisotopic (exact) mass is 427 g/mol. The van der Waals surface area contributed by atoms with Gasteiger partial charge < -0.3 is 19.4 Å². The van der Waals surface area contributed by atoms with Gasteiger partial charge in [0.05, 0.1) is 12.6 Å². The molecule has 1 amide bonds. The first kappa shape index (κ1) is 20.7. The number of hydrogen-bond acceptors (Lipinski definition) is 6. The van der Waals surface area contributed by atoms with Crippen molar-refractivity contribution in [1.82, 2.24) is 23.5 Å². The molecule has 11 heteroatoms. The zero-order chi connectivity index (χ0) is 20.6. The van der Waals surface area contributed by atoms with Crippen LogP contribution in [0.4, 0.5) is 0 Å². The highest BCUT2D eigenvalue weighted by atomic mass is 32.2. The molecule has 2 saturated heterocycles. The molecule has 10 nitrogen and oxygen atoms in total. The molecule has 162 valence electrons. The van der Waals surface area contributed by atoms with Gasteiger partial charge in [-0.3, -0.25) is 4.79 Å². The maximum absolute atomic E-state index is 12.8.